The number of amides is 1. The molecule has 1 aliphatic rings. The first-order chi connectivity index (χ1) is 12.1. The molecule has 1 aromatic heterocycles. The van der Waals surface area contributed by atoms with Gasteiger partial charge in [-0.1, -0.05) is 0 Å². The molecule has 2 aromatic rings. The van der Waals surface area contributed by atoms with Crippen molar-refractivity contribution in [1.82, 2.24) is 15.1 Å². The van der Waals surface area contributed by atoms with E-state index in [0.29, 0.717) is 36.0 Å². The Balaban J connectivity index is 1.65. The van der Waals surface area contributed by atoms with Gasteiger partial charge in [-0.15, -0.1) is 5.10 Å². The van der Waals surface area contributed by atoms with Crippen LogP contribution in [0.3, 0.4) is 0 Å². The van der Waals surface area contributed by atoms with Gasteiger partial charge in [0.25, 0.3) is 5.91 Å². The fraction of sp³-hybridized carbons (Fsp3) is 0.389. The maximum absolute atomic E-state index is 12.7. The van der Waals surface area contributed by atoms with E-state index in [4.69, 9.17) is 14.2 Å². The first-order valence-corrected chi connectivity index (χ1v) is 8.09. The molecule has 0 spiro atoms. The van der Waals surface area contributed by atoms with Crippen molar-refractivity contribution < 1.29 is 19.0 Å². The van der Waals surface area contributed by atoms with Crippen LogP contribution >= 0.6 is 0 Å². The van der Waals surface area contributed by atoms with Crippen LogP contribution in [0.15, 0.2) is 30.3 Å². The molecular weight excluding hydrogens is 322 g/mol. The molecule has 25 heavy (non-hydrogen) atoms. The Bertz CT molecular complexity index is 748. The first-order valence-electron chi connectivity index (χ1n) is 8.09. The molecule has 1 aliphatic heterocycles. The maximum atomic E-state index is 12.7. The summed E-state index contributed by atoms with van der Waals surface area (Å²) in [7, 11) is 3.12. The lowest BCUT2D eigenvalue weighted by atomic mass is 10.1. The molecule has 132 valence electrons. The van der Waals surface area contributed by atoms with Crippen LogP contribution in [0.5, 0.6) is 17.4 Å². The molecule has 1 aromatic carbocycles. The van der Waals surface area contributed by atoms with Crippen LogP contribution in [0.4, 0.5) is 0 Å². The zero-order chi connectivity index (χ0) is 17.8. The summed E-state index contributed by atoms with van der Waals surface area (Å²) in [5, 5.41) is 7.98. The quantitative estimate of drug-likeness (QED) is 0.828. The standard InChI is InChI=1S/C18H21N3O4/c1-12-4-7-17(20-19-12)25-14-8-9-21(11-14)18(22)13-5-6-15(23-2)16(10-13)24-3/h4-7,10,14H,8-9,11H2,1-3H3. The number of carbonyl (C=O) groups is 1. The van der Waals surface area contributed by atoms with E-state index in [1.807, 2.05) is 13.0 Å². The molecule has 7 heteroatoms. The van der Waals surface area contributed by atoms with Gasteiger partial charge >= 0.3 is 0 Å². The van der Waals surface area contributed by atoms with Crippen molar-refractivity contribution in [2.24, 2.45) is 0 Å². The third kappa shape index (κ3) is 3.81. The van der Waals surface area contributed by atoms with E-state index in [1.165, 1.54) is 0 Å². The summed E-state index contributed by atoms with van der Waals surface area (Å²) in [6.07, 6.45) is 0.676. The second-order valence-electron chi connectivity index (χ2n) is 5.86. The van der Waals surface area contributed by atoms with Gasteiger partial charge in [-0.3, -0.25) is 4.79 Å². The Kier molecular flexibility index (Phi) is 5.02. The minimum absolute atomic E-state index is 0.0537. The van der Waals surface area contributed by atoms with Crippen LogP contribution in [0, 0.1) is 6.92 Å². The summed E-state index contributed by atoms with van der Waals surface area (Å²) in [5.74, 6) is 1.56. The van der Waals surface area contributed by atoms with Gasteiger partial charge in [0.1, 0.15) is 6.10 Å². The second kappa shape index (κ2) is 7.38. The number of hydrogen-bond acceptors (Lipinski definition) is 6. The molecule has 0 radical (unpaired) electrons. The van der Waals surface area contributed by atoms with Crippen molar-refractivity contribution in [2.75, 3.05) is 27.3 Å². The van der Waals surface area contributed by atoms with E-state index >= 15 is 0 Å². The largest absolute Gasteiger partial charge is 0.493 e. The number of aromatic nitrogens is 2. The van der Waals surface area contributed by atoms with Gasteiger partial charge in [0, 0.05) is 24.6 Å². The van der Waals surface area contributed by atoms with E-state index in [9.17, 15) is 4.79 Å². The zero-order valence-electron chi connectivity index (χ0n) is 14.6. The van der Waals surface area contributed by atoms with Crippen molar-refractivity contribution >= 4 is 5.91 Å². The van der Waals surface area contributed by atoms with Crippen LogP contribution in [0.1, 0.15) is 22.5 Å². The Morgan fingerprint density at radius 3 is 2.60 bits per heavy atom. The predicted molar refractivity (Wildman–Crippen MR) is 91.3 cm³/mol. The number of benzene rings is 1. The Hall–Kier alpha value is -2.83. The number of nitrogens with zero attached hydrogens (tertiary/aromatic N) is 3. The van der Waals surface area contributed by atoms with Crippen molar-refractivity contribution in [2.45, 2.75) is 19.4 Å². The molecule has 1 atom stereocenters. The lowest BCUT2D eigenvalue weighted by molar-refractivity contribution is 0.0770. The number of rotatable bonds is 5. The molecule has 1 saturated heterocycles. The van der Waals surface area contributed by atoms with Crippen molar-refractivity contribution in [3.63, 3.8) is 0 Å². The van der Waals surface area contributed by atoms with Gasteiger partial charge in [-0.25, -0.2) is 0 Å². The number of hydrogen-bond donors (Lipinski definition) is 0. The summed E-state index contributed by atoms with van der Waals surface area (Å²) in [6, 6.07) is 8.81. The van der Waals surface area contributed by atoms with Crippen molar-refractivity contribution in [3.05, 3.63) is 41.6 Å². The summed E-state index contributed by atoms with van der Waals surface area (Å²) >= 11 is 0. The highest BCUT2D eigenvalue weighted by molar-refractivity contribution is 5.95. The third-order valence-electron chi connectivity index (χ3n) is 4.12. The molecule has 7 nitrogen and oxygen atoms in total. The highest BCUT2D eigenvalue weighted by Crippen LogP contribution is 2.28. The normalized spacial score (nSPS) is 16.6. The first kappa shape index (κ1) is 17.0. The molecule has 1 amide bonds. The van der Waals surface area contributed by atoms with Crippen LogP contribution in [0.25, 0.3) is 0 Å². The van der Waals surface area contributed by atoms with E-state index in [-0.39, 0.29) is 12.0 Å². The van der Waals surface area contributed by atoms with Crippen molar-refractivity contribution in [1.29, 1.82) is 0 Å². The Morgan fingerprint density at radius 1 is 1.12 bits per heavy atom. The Labute approximate surface area is 146 Å². The summed E-state index contributed by atoms with van der Waals surface area (Å²) in [4.78, 5) is 14.5. The van der Waals surface area contributed by atoms with Gasteiger partial charge < -0.3 is 19.1 Å². The van der Waals surface area contributed by atoms with Gasteiger partial charge in [-0.2, -0.15) is 5.10 Å². The van der Waals surface area contributed by atoms with E-state index in [2.05, 4.69) is 10.2 Å². The molecular formula is C18H21N3O4. The topological polar surface area (TPSA) is 73.8 Å². The fourth-order valence-corrected chi connectivity index (χ4v) is 2.78. The summed E-state index contributed by atoms with van der Waals surface area (Å²) in [6.45, 7) is 3.02. The smallest absolute Gasteiger partial charge is 0.254 e. The molecule has 0 saturated carbocycles. The molecule has 1 fully saturated rings. The molecule has 3 rings (SSSR count). The Morgan fingerprint density at radius 2 is 1.92 bits per heavy atom. The monoisotopic (exact) mass is 343 g/mol. The number of likely N-dealkylation sites (tertiary alicyclic amines) is 1. The van der Waals surface area contributed by atoms with Gasteiger partial charge in [0.2, 0.25) is 5.88 Å². The molecule has 2 heterocycles. The van der Waals surface area contributed by atoms with Crippen LogP contribution in [-0.2, 0) is 0 Å². The van der Waals surface area contributed by atoms with E-state index < -0.39 is 0 Å². The van der Waals surface area contributed by atoms with E-state index in [0.717, 1.165) is 12.1 Å². The molecule has 0 aliphatic carbocycles. The fourth-order valence-electron chi connectivity index (χ4n) is 2.78. The van der Waals surface area contributed by atoms with Gasteiger partial charge in [0.05, 0.1) is 26.5 Å². The number of ether oxygens (including phenoxy) is 3. The number of aryl methyl sites for hydroxylation is 1. The van der Waals surface area contributed by atoms with Crippen LogP contribution < -0.4 is 14.2 Å². The highest BCUT2D eigenvalue weighted by atomic mass is 16.5. The summed E-state index contributed by atoms with van der Waals surface area (Å²) in [5.41, 5.74) is 1.40. The lowest BCUT2D eigenvalue weighted by Gasteiger charge is -2.18. The lowest BCUT2D eigenvalue weighted by Crippen LogP contribution is -2.31. The minimum Gasteiger partial charge on any atom is -0.493 e. The van der Waals surface area contributed by atoms with Gasteiger partial charge in [-0.05, 0) is 31.2 Å². The summed E-state index contributed by atoms with van der Waals surface area (Å²) < 4.78 is 16.3. The molecule has 0 bridgehead atoms. The SMILES string of the molecule is COc1ccc(C(=O)N2CCC(Oc3ccc(C)nn3)C2)cc1OC. The molecule has 0 N–H and O–H groups in total. The molecule has 1 unspecified atom stereocenters. The predicted octanol–water partition coefficient (Wildman–Crippen LogP) is 2.10. The van der Waals surface area contributed by atoms with Crippen LogP contribution in [-0.4, -0.2) is 54.4 Å². The highest BCUT2D eigenvalue weighted by Gasteiger charge is 2.29. The zero-order valence-corrected chi connectivity index (χ0v) is 14.6. The van der Waals surface area contributed by atoms with Crippen molar-refractivity contribution in [3.8, 4) is 17.4 Å². The number of methoxy groups -OCH3 is 2. The van der Waals surface area contributed by atoms with E-state index in [1.54, 1.807) is 43.4 Å². The van der Waals surface area contributed by atoms with Crippen LogP contribution in [0.2, 0.25) is 0 Å². The van der Waals surface area contributed by atoms with Gasteiger partial charge in [0.15, 0.2) is 11.5 Å². The average molecular weight is 343 g/mol. The minimum atomic E-state index is -0.0823. The maximum Gasteiger partial charge on any atom is 0.254 e. The third-order valence-corrected chi connectivity index (χ3v) is 4.12. The second-order valence-corrected chi connectivity index (χ2v) is 5.86. The number of carbonyl (C=O) groups excluding carboxylic acids is 1. The average Bonchev–Trinajstić information content (AvgIpc) is 3.11.